The van der Waals surface area contributed by atoms with E-state index < -0.39 is 36.0 Å². The van der Waals surface area contributed by atoms with Gasteiger partial charge >= 0.3 is 5.97 Å². The van der Waals surface area contributed by atoms with Crippen LogP contribution in [0.2, 0.25) is 5.02 Å². The molecule has 1 aliphatic heterocycles. The minimum Gasteiger partial charge on any atom is -0.454 e. The Hall–Kier alpha value is -3.32. The van der Waals surface area contributed by atoms with Gasteiger partial charge in [0, 0.05) is 16.7 Å². The summed E-state index contributed by atoms with van der Waals surface area (Å²) in [4.78, 5) is 50.9. The predicted octanol–water partition coefficient (Wildman–Crippen LogP) is 4.26. The molecule has 0 radical (unpaired) electrons. The molecule has 6 nitrogen and oxygen atoms in total. The number of nitrogens with zero attached hydrogens (tertiary/aromatic N) is 1. The Balaban J connectivity index is 1.57. The summed E-state index contributed by atoms with van der Waals surface area (Å²) in [5.41, 5.74) is 0.539. The predicted molar refractivity (Wildman–Crippen MR) is 110 cm³/mol. The third-order valence-electron chi connectivity index (χ3n) is 5.32. The lowest BCUT2D eigenvalue weighted by molar-refractivity contribution is -0.120. The van der Waals surface area contributed by atoms with E-state index in [-0.39, 0.29) is 16.3 Å². The number of carbonyl (C=O) groups excluding carboxylic acids is 4. The van der Waals surface area contributed by atoms with Crippen LogP contribution in [0.15, 0.2) is 53.6 Å². The van der Waals surface area contributed by atoms with Crippen LogP contribution in [-0.4, -0.2) is 30.2 Å². The van der Waals surface area contributed by atoms with Crippen LogP contribution in [0.1, 0.15) is 46.4 Å². The summed E-state index contributed by atoms with van der Waals surface area (Å²) in [5.74, 6) is -3.47. The molecule has 2 aliphatic rings. The Morgan fingerprint density at radius 2 is 1.61 bits per heavy atom. The van der Waals surface area contributed by atoms with Crippen molar-refractivity contribution in [2.45, 2.75) is 25.7 Å². The quantitative estimate of drug-likeness (QED) is 0.393. The third kappa shape index (κ3) is 3.88. The van der Waals surface area contributed by atoms with E-state index in [9.17, 15) is 23.6 Å². The Morgan fingerprint density at radius 1 is 1.00 bits per heavy atom. The van der Waals surface area contributed by atoms with Crippen molar-refractivity contribution in [3.8, 4) is 0 Å². The van der Waals surface area contributed by atoms with Gasteiger partial charge in [0.1, 0.15) is 5.82 Å². The summed E-state index contributed by atoms with van der Waals surface area (Å²) in [6.07, 6.45) is 2.48. The number of esters is 1. The Labute approximate surface area is 182 Å². The van der Waals surface area contributed by atoms with Gasteiger partial charge in [0.15, 0.2) is 12.4 Å². The Kier molecular flexibility index (Phi) is 5.69. The van der Waals surface area contributed by atoms with E-state index in [0.717, 1.165) is 29.9 Å². The molecule has 1 aliphatic carbocycles. The number of halogens is 2. The molecular weight excluding hydrogens is 425 g/mol. The summed E-state index contributed by atoms with van der Waals surface area (Å²) in [7, 11) is 0. The van der Waals surface area contributed by atoms with Gasteiger partial charge in [-0.2, -0.15) is 0 Å². The number of hydrogen-bond acceptors (Lipinski definition) is 5. The molecule has 0 atom stereocenters. The molecule has 2 amide bonds. The first kappa shape index (κ1) is 20.9. The fourth-order valence-electron chi connectivity index (χ4n) is 3.74. The second-order valence-electron chi connectivity index (χ2n) is 7.26. The van der Waals surface area contributed by atoms with Gasteiger partial charge in [-0.1, -0.05) is 41.9 Å². The zero-order valence-corrected chi connectivity index (χ0v) is 17.1. The average molecular weight is 442 g/mol. The number of anilines is 1. The van der Waals surface area contributed by atoms with Crippen molar-refractivity contribution in [3.05, 3.63) is 75.6 Å². The van der Waals surface area contributed by atoms with Gasteiger partial charge in [-0.05, 0) is 37.8 Å². The number of imide groups is 1. The summed E-state index contributed by atoms with van der Waals surface area (Å²) in [6.45, 7) is -0.538. The maximum atomic E-state index is 14.7. The van der Waals surface area contributed by atoms with Crippen LogP contribution >= 0.6 is 11.6 Å². The fraction of sp³-hybridized carbons (Fsp3) is 0.217. The molecule has 0 N–H and O–H groups in total. The fourth-order valence-corrected chi connectivity index (χ4v) is 3.97. The second kappa shape index (κ2) is 8.43. The zero-order valence-electron chi connectivity index (χ0n) is 16.3. The smallest absolute Gasteiger partial charge is 0.340 e. The van der Waals surface area contributed by atoms with Crippen LogP contribution in [0.25, 0.3) is 0 Å². The molecule has 0 saturated carbocycles. The van der Waals surface area contributed by atoms with Crippen molar-refractivity contribution in [3.63, 3.8) is 0 Å². The molecule has 1 heterocycles. The molecule has 4 rings (SSSR count). The van der Waals surface area contributed by atoms with E-state index in [2.05, 4.69) is 0 Å². The highest BCUT2D eigenvalue weighted by molar-refractivity contribution is 6.35. The molecular formula is C23H17ClFNO5. The number of benzene rings is 2. The van der Waals surface area contributed by atoms with Gasteiger partial charge in [-0.25, -0.2) is 14.1 Å². The first-order chi connectivity index (χ1) is 14.9. The molecule has 0 aromatic heterocycles. The lowest BCUT2D eigenvalue weighted by atomic mass is 9.93. The summed E-state index contributed by atoms with van der Waals surface area (Å²) >= 11 is 6.01. The largest absolute Gasteiger partial charge is 0.454 e. The Bertz CT molecular complexity index is 1110. The average Bonchev–Trinajstić information content (AvgIpc) is 3.03. The molecule has 0 unspecified atom stereocenters. The van der Waals surface area contributed by atoms with Crippen LogP contribution in [0.5, 0.6) is 0 Å². The number of amides is 2. The van der Waals surface area contributed by atoms with Crippen molar-refractivity contribution in [2.24, 2.45) is 0 Å². The van der Waals surface area contributed by atoms with Crippen molar-refractivity contribution in [1.82, 2.24) is 0 Å². The molecule has 2 aromatic rings. The van der Waals surface area contributed by atoms with E-state index in [1.165, 1.54) is 0 Å². The van der Waals surface area contributed by atoms with E-state index in [0.29, 0.717) is 29.6 Å². The van der Waals surface area contributed by atoms with Gasteiger partial charge < -0.3 is 4.74 Å². The van der Waals surface area contributed by atoms with Gasteiger partial charge in [-0.3, -0.25) is 14.4 Å². The third-order valence-corrected chi connectivity index (χ3v) is 5.63. The number of Topliss-reactive ketones (excluding diaryl/α,β-unsaturated/α-hetero) is 1. The minimum atomic E-state index is -0.965. The molecule has 0 bridgehead atoms. The minimum absolute atomic E-state index is 0.246. The topological polar surface area (TPSA) is 80.8 Å². The van der Waals surface area contributed by atoms with Crippen LogP contribution in [0.3, 0.4) is 0 Å². The Morgan fingerprint density at radius 3 is 2.23 bits per heavy atom. The molecule has 0 fully saturated rings. The standard InChI is InChI=1S/C23H17ClFNO5/c24-17-11-18(25)19(26-21(28)14-8-4-5-9-15(14)22(26)29)10-16(17)23(30)31-12-20(27)13-6-2-1-3-7-13/h1-3,6-7,10-11H,4-5,8-9,12H2. The summed E-state index contributed by atoms with van der Waals surface area (Å²) in [6, 6.07) is 10.1. The van der Waals surface area contributed by atoms with E-state index in [1.54, 1.807) is 30.3 Å². The monoisotopic (exact) mass is 441 g/mol. The van der Waals surface area contributed by atoms with Gasteiger partial charge in [-0.15, -0.1) is 0 Å². The summed E-state index contributed by atoms with van der Waals surface area (Å²) in [5, 5.41) is -0.254. The highest BCUT2D eigenvalue weighted by Crippen LogP contribution is 2.38. The maximum absolute atomic E-state index is 14.7. The van der Waals surface area contributed by atoms with Crippen molar-refractivity contribution in [1.29, 1.82) is 0 Å². The number of rotatable bonds is 5. The molecule has 2 aromatic carbocycles. The van der Waals surface area contributed by atoms with E-state index in [1.807, 2.05) is 0 Å². The van der Waals surface area contributed by atoms with Crippen molar-refractivity contribution < 1.29 is 28.3 Å². The lowest BCUT2D eigenvalue weighted by Crippen LogP contribution is -2.32. The molecule has 8 heteroatoms. The number of ketones is 1. The van der Waals surface area contributed by atoms with Gasteiger partial charge in [0.25, 0.3) is 11.8 Å². The molecule has 31 heavy (non-hydrogen) atoms. The van der Waals surface area contributed by atoms with Crippen molar-refractivity contribution in [2.75, 3.05) is 11.5 Å². The number of ether oxygens (including phenoxy) is 1. The van der Waals surface area contributed by atoms with Crippen molar-refractivity contribution >= 4 is 40.9 Å². The lowest BCUT2D eigenvalue weighted by Gasteiger charge is -2.17. The van der Waals surface area contributed by atoms with Crippen LogP contribution < -0.4 is 4.90 Å². The molecule has 0 spiro atoms. The highest BCUT2D eigenvalue weighted by atomic mass is 35.5. The van der Waals surface area contributed by atoms with Gasteiger partial charge in [0.05, 0.1) is 16.3 Å². The zero-order chi connectivity index (χ0) is 22.1. The molecule has 158 valence electrons. The maximum Gasteiger partial charge on any atom is 0.340 e. The molecule has 0 saturated heterocycles. The second-order valence-corrected chi connectivity index (χ2v) is 7.67. The van der Waals surface area contributed by atoms with Gasteiger partial charge in [0.2, 0.25) is 0 Å². The van der Waals surface area contributed by atoms with Crippen LogP contribution in [0, 0.1) is 5.82 Å². The summed E-state index contributed by atoms with van der Waals surface area (Å²) < 4.78 is 19.7. The van der Waals surface area contributed by atoms with Crippen LogP contribution in [0.4, 0.5) is 10.1 Å². The first-order valence-electron chi connectivity index (χ1n) is 9.73. The van der Waals surface area contributed by atoms with E-state index >= 15 is 0 Å². The van der Waals surface area contributed by atoms with E-state index in [4.69, 9.17) is 16.3 Å². The first-order valence-corrected chi connectivity index (χ1v) is 10.1. The number of hydrogen-bond donors (Lipinski definition) is 0. The van der Waals surface area contributed by atoms with Crippen LogP contribution in [-0.2, 0) is 14.3 Å². The number of carbonyl (C=O) groups is 4. The normalized spacial score (nSPS) is 15.9. The SMILES string of the molecule is O=C(COC(=O)c1cc(N2C(=O)C3=C(CCCC3)C2=O)c(F)cc1Cl)c1ccccc1. The highest BCUT2D eigenvalue weighted by Gasteiger charge is 2.41.